The fourth-order valence-corrected chi connectivity index (χ4v) is 2.70. The summed E-state index contributed by atoms with van der Waals surface area (Å²) in [4.78, 5) is 11.3. The molecule has 1 aromatic carbocycles. The van der Waals surface area contributed by atoms with Gasteiger partial charge in [0, 0.05) is 23.3 Å². The van der Waals surface area contributed by atoms with Gasteiger partial charge in [0.15, 0.2) is 0 Å². The molecule has 29 heavy (non-hydrogen) atoms. The smallest absolute Gasteiger partial charge is 0.463 e. The van der Waals surface area contributed by atoms with E-state index in [0.29, 0.717) is 12.2 Å². The zero-order valence-electron chi connectivity index (χ0n) is 16.4. The van der Waals surface area contributed by atoms with Gasteiger partial charge in [-0.15, -0.1) is 13.2 Å². The van der Waals surface area contributed by atoms with E-state index in [0.717, 1.165) is 17.2 Å². The Labute approximate surface area is 178 Å². The molecule has 0 heterocycles. The van der Waals surface area contributed by atoms with Crippen molar-refractivity contribution in [3.63, 3.8) is 0 Å². The van der Waals surface area contributed by atoms with Gasteiger partial charge in [-0.3, -0.25) is 0 Å². The van der Waals surface area contributed by atoms with Gasteiger partial charge in [0.05, 0.1) is 16.7 Å². The Morgan fingerprint density at radius 3 is 2.41 bits per heavy atom. The van der Waals surface area contributed by atoms with Gasteiger partial charge in [-0.25, -0.2) is 4.79 Å². The number of carbonyl (C=O) groups is 1. The van der Waals surface area contributed by atoms with Crippen LogP contribution in [-0.2, 0) is 9.53 Å². The molecule has 0 unspecified atom stereocenters. The van der Waals surface area contributed by atoms with Crippen molar-refractivity contribution in [3.8, 4) is 5.75 Å². The van der Waals surface area contributed by atoms with Crippen LogP contribution in [-0.4, -0.2) is 18.9 Å². The molecule has 0 aromatic heterocycles. The molecule has 0 radical (unpaired) electrons. The highest BCUT2D eigenvalue weighted by Gasteiger charge is 2.32. The molecular weight excluding hydrogens is 428 g/mol. The van der Waals surface area contributed by atoms with Crippen molar-refractivity contribution < 1.29 is 27.4 Å². The summed E-state index contributed by atoms with van der Waals surface area (Å²) in [7, 11) is 0. The second-order valence-electron chi connectivity index (χ2n) is 6.00. The van der Waals surface area contributed by atoms with Crippen LogP contribution in [0.15, 0.2) is 47.6 Å². The van der Waals surface area contributed by atoms with E-state index in [9.17, 15) is 18.0 Å². The van der Waals surface area contributed by atoms with Crippen LogP contribution in [0.4, 0.5) is 13.2 Å². The standard InChI is InChI=1S/C21H21Cl2F3O3/c1-5-28-19(27)11-14(3)8-6-7-13(2)9-10-16-17(22)12-18(15(4)20(16)23)29-21(24,25)26/h6-12H,5H2,1-4H3/b8-6+,10-9+,13-7+,14-11+. The lowest BCUT2D eigenvalue weighted by molar-refractivity contribution is -0.274. The summed E-state index contributed by atoms with van der Waals surface area (Å²) in [5, 5.41) is 0.109. The number of hydrogen-bond donors (Lipinski definition) is 0. The molecule has 1 rings (SSSR count). The van der Waals surface area contributed by atoms with Crippen LogP contribution in [0.5, 0.6) is 5.75 Å². The molecular formula is C21H21Cl2F3O3. The fourth-order valence-electron chi connectivity index (χ4n) is 2.14. The number of halogens is 5. The lowest BCUT2D eigenvalue weighted by Gasteiger charge is -2.14. The van der Waals surface area contributed by atoms with E-state index in [-0.39, 0.29) is 15.6 Å². The first-order valence-electron chi connectivity index (χ1n) is 8.57. The molecule has 0 aliphatic carbocycles. The molecule has 0 amide bonds. The summed E-state index contributed by atoms with van der Waals surface area (Å²) < 4.78 is 46.1. The molecule has 0 saturated carbocycles. The fraction of sp³-hybridized carbons (Fsp3) is 0.286. The first-order chi connectivity index (χ1) is 13.4. The maximum Gasteiger partial charge on any atom is 0.573 e. The van der Waals surface area contributed by atoms with E-state index in [4.69, 9.17) is 27.9 Å². The Morgan fingerprint density at radius 1 is 1.17 bits per heavy atom. The number of esters is 1. The molecule has 0 aliphatic heterocycles. The topological polar surface area (TPSA) is 35.5 Å². The molecule has 1 aromatic rings. The Balaban J connectivity index is 2.97. The zero-order valence-corrected chi connectivity index (χ0v) is 17.9. The Bertz CT molecular complexity index is 867. The third-order valence-corrected chi connectivity index (χ3v) is 4.34. The number of hydrogen-bond acceptors (Lipinski definition) is 3. The van der Waals surface area contributed by atoms with Crippen LogP contribution in [0.1, 0.15) is 31.9 Å². The van der Waals surface area contributed by atoms with E-state index in [2.05, 4.69) is 4.74 Å². The van der Waals surface area contributed by atoms with Crippen LogP contribution in [0, 0.1) is 6.92 Å². The highest BCUT2D eigenvalue weighted by Crippen LogP contribution is 2.38. The highest BCUT2D eigenvalue weighted by atomic mass is 35.5. The van der Waals surface area contributed by atoms with Crippen molar-refractivity contribution in [2.45, 2.75) is 34.1 Å². The molecule has 158 valence electrons. The number of benzene rings is 1. The Morgan fingerprint density at radius 2 is 1.83 bits per heavy atom. The van der Waals surface area contributed by atoms with Crippen molar-refractivity contribution in [2.24, 2.45) is 0 Å². The molecule has 0 atom stereocenters. The maximum absolute atomic E-state index is 12.5. The van der Waals surface area contributed by atoms with Gasteiger partial charge in [0.1, 0.15) is 5.75 Å². The molecule has 3 nitrogen and oxygen atoms in total. The van der Waals surface area contributed by atoms with Crippen LogP contribution >= 0.6 is 23.2 Å². The number of carbonyl (C=O) groups excluding carboxylic acids is 1. The van der Waals surface area contributed by atoms with Crippen molar-refractivity contribution in [1.29, 1.82) is 0 Å². The third kappa shape index (κ3) is 8.79. The van der Waals surface area contributed by atoms with E-state index >= 15 is 0 Å². The molecule has 0 spiro atoms. The number of ether oxygens (including phenoxy) is 2. The molecule has 0 N–H and O–H groups in total. The predicted octanol–water partition coefficient (Wildman–Crippen LogP) is 7.23. The van der Waals surface area contributed by atoms with E-state index in [1.165, 1.54) is 13.0 Å². The maximum atomic E-state index is 12.5. The average Bonchev–Trinajstić information content (AvgIpc) is 2.58. The zero-order chi connectivity index (χ0) is 22.2. The van der Waals surface area contributed by atoms with Crippen LogP contribution < -0.4 is 4.74 Å². The van der Waals surface area contributed by atoms with Crippen LogP contribution in [0.2, 0.25) is 10.0 Å². The van der Waals surface area contributed by atoms with E-state index < -0.39 is 18.1 Å². The average molecular weight is 449 g/mol. The second-order valence-corrected chi connectivity index (χ2v) is 6.79. The summed E-state index contributed by atoms with van der Waals surface area (Å²) >= 11 is 12.2. The van der Waals surface area contributed by atoms with Gasteiger partial charge >= 0.3 is 12.3 Å². The largest absolute Gasteiger partial charge is 0.573 e. The SMILES string of the molecule is CCOC(=O)/C=C(C)/C=C/C=C(C)/C=C/c1c(Cl)cc(OC(F)(F)F)c(C)c1Cl. The van der Waals surface area contributed by atoms with Crippen molar-refractivity contribution >= 4 is 35.2 Å². The van der Waals surface area contributed by atoms with E-state index in [1.807, 2.05) is 6.92 Å². The van der Waals surface area contributed by atoms with Gasteiger partial charge < -0.3 is 9.47 Å². The summed E-state index contributed by atoms with van der Waals surface area (Å²) in [6, 6.07) is 1.08. The minimum Gasteiger partial charge on any atom is -0.463 e. The van der Waals surface area contributed by atoms with Gasteiger partial charge in [-0.1, -0.05) is 59.2 Å². The van der Waals surface area contributed by atoms with Gasteiger partial charge in [0.25, 0.3) is 0 Å². The molecule has 0 bridgehead atoms. The quantitative estimate of drug-likeness (QED) is 0.250. The lowest BCUT2D eigenvalue weighted by Crippen LogP contribution is -2.18. The summed E-state index contributed by atoms with van der Waals surface area (Å²) in [5.74, 6) is -0.850. The third-order valence-electron chi connectivity index (χ3n) is 3.54. The monoisotopic (exact) mass is 448 g/mol. The van der Waals surface area contributed by atoms with Crippen molar-refractivity contribution in [2.75, 3.05) is 6.61 Å². The first kappa shape index (κ1) is 24.9. The molecule has 8 heteroatoms. The normalized spacial score (nSPS) is 13.4. The summed E-state index contributed by atoms with van der Waals surface area (Å²) in [5.41, 5.74) is 2.06. The van der Waals surface area contributed by atoms with Gasteiger partial charge in [0.2, 0.25) is 0 Å². The second kappa shape index (κ2) is 11.1. The molecule has 0 aliphatic rings. The lowest BCUT2D eigenvalue weighted by atomic mass is 10.1. The Kier molecular flexibility index (Phi) is 9.53. The molecule has 0 saturated heterocycles. The number of rotatable bonds is 7. The van der Waals surface area contributed by atoms with Crippen LogP contribution in [0.25, 0.3) is 6.08 Å². The molecule has 0 fully saturated rings. The first-order valence-corrected chi connectivity index (χ1v) is 9.32. The highest BCUT2D eigenvalue weighted by molar-refractivity contribution is 6.38. The number of alkyl halides is 3. The van der Waals surface area contributed by atoms with Crippen LogP contribution in [0.3, 0.4) is 0 Å². The minimum absolute atomic E-state index is 0.0349. The summed E-state index contributed by atoms with van der Waals surface area (Å²) in [6.07, 6.45) is 5.14. The Hall–Kier alpha value is -2.18. The van der Waals surface area contributed by atoms with E-state index in [1.54, 1.807) is 44.2 Å². The summed E-state index contributed by atoms with van der Waals surface area (Å²) in [6.45, 7) is 7.04. The van der Waals surface area contributed by atoms with Crippen molar-refractivity contribution in [1.82, 2.24) is 0 Å². The van der Waals surface area contributed by atoms with Crippen molar-refractivity contribution in [3.05, 3.63) is 68.8 Å². The van der Waals surface area contributed by atoms with Gasteiger partial charge in [-0.2, -0.15) is 0 Å². The number of allylic oxidation sites excluding steroid dienone is 6. The minimum atomic E-state index is -4.83. The van der Waals surface area contributed by atoms with Gasteiger partial charge in [-0.05, 0) is 33.3 Å². The predicted molar refractivity (Wildman–Crippen MR) is 110 cm³/mol.